The van der Waals surface area contributed by atoms with E-state index in [9.17, 15) is 9.59 Å². The Morgan fingerprint density at radius 3 is 2.36 bits per heavy atom. The number of carboxylic acids is 1. The molecule has 1 aromatic heterocycles. The number of primary amides is 1. The molecule has 22 heavy (non-hydrogen) atoms. The quantitative estimate of drug-likeness (QED) is 0.712. The van der Waals surface area contributed by atoms with Crippen molar-refractivity contribution in [1.82, 2.24) is 4.57 Å². The van der Waals surface area contributed by atoms with Gasteiger partial charge in [0.2, 0.25) is 5.91 Å². The third-order valence-corrected chi connectivity index (χ3v) is 3.80. The van der Waals surface area contributed by atoms with Crippen molar-refractivity contribution in [2.75, 3.05) is 0 Å². The Labute approximate surface area is 127 Å². The van der Waals surface area contributed by atoms with Crippen molar-refractivity contribution in [1.29, 1.82) is 0 Å². The lowest BCUT2D eigenvalue weighted by Gasteiger charge is -2.04. The molecule has 1 amide bonds. The zero-order chi connectivity index (χ0) is 15.9. The van der Waals surface area contributed by atoms with E-state index in [1.54, 1.807) is 22.8 Å². The summed E-state index contributed by atoms with van der Waals surface area (Å²) in [6.45, 7) is 1.80. The number of rotatable bonds is 4. The number of fused-ring (bicyclic) bond motifs is 3. The molecule has 3 aromatic rings. The fraction of sp³-hybridized carbons (Fsp3) is 0.125. The molecule has 1 radical (unpaired) electrons. The Balaban J connectivity index is 2.40. The van der Waals surface area contributed by atoms with E-state index >= 15 is 0 Å². The van der Waals surface area contributed by atoms with Crippen molar-refractivity contribution in [3.05, 3.63) is 42.0 Å². The standard InChI is InChI=1S/C16H14BN2O3/c1-17-10-3-5-14-12(7-10)11-6-9(16(18)22)2-4-13(11)19(14)8-15(20)21/h2-7H,8H2,1H3,(H2,18,22)(H,20,21). The second kappa shape index (κ2) is 5.22. The lowest BCUT2D eigenvalue weighted by molar-refractivity contribution is -0.137. The molecule has 109 valence electrons. The highest BCUT2D eigenvalue weighted by Gasteiger charge is 2.14. The number of nitrogens with two attached hydrogens (primary N) is 1. The number of amides is 1. The average Bonchev–Trinajstić information content (AvgIpc) is 2.79. The Hall–Kier alpha value is -2.76. The first-order valence-corrected chi connectivity index (χ1v) is 6.88. The van der Waals surface area contributed by atoms with Gasteiger partial charge in [-0.05, 0) is 24.3 Å². The lowest BCUT2D eigenvalue weighted by Crippen LogP contribution is -2.11. The summed E-state index contributed by atoms with van der Waals surface area (Å²) in [5.41, 5.74) is 8.39. The van der Waals surface area contributed by atoms with Crippen LogP contribution in [-0.2, 0) is 11.3 Å². The van der Waals surface area contributed by atoms with E-state index in [1.165, 1.54) is 0 Å². The predicted octanol–water partition coefficient (Wildman–Crippen LogP) is 1.36. The first-order valence-electron chi connectivity index (χ1n) is 6.88. The number of aromatic nitrogens is 1. The van der Waals surface area contributed by atoms with Crippen LogP contribution in [0.3, 0.4) is 0 Å². The Morgan fingerprint density at radius 2 is 1.77 bits per heavy atom. The van der Waals surface area contributed by atoms with E-state index in [0.29, 0.717) is 5.56 Å². The zero-order valence-electron chi connectivity index (χ0n) is 12.0. The highest BCUT2D eigenvalue weighted by molar-refractivity contribution is 6.52. The van der Waals surface area contributed by atoms with Crippen LogP contribution in [0.4, 0.5) is 0 Å². The second-order valence-corrected chi connectivity index (χ2v) is 5.14. The minimum Gasteiger partial charge on any atom is -0.480 e. The predicted molar refractivity (Wildman–Crippen MR) is 86.8 cm³/mol. The van der Waals surface area contributed by atoms with E-state index in [0.717, 1.165) is 27.3 Å². The van der Waals surface area contributed by atoms with Crippen LogP contribution in [0.1, 0.15) is 10.4 Å². The summed E-state index contributed by atoms with van der Waals surface area (Å²) < 4.78 is 1.73. The van der Waals surface area contributed by atoms with Gasteiger partial charge in [0.25, 0.3) is 0 Å². The van der Waals surface area contributed by atoms with Crippen molar-refractivity contribution in [2.24, 2.45) is 5.73 Å². The topological polar surface area (TPSA) is 85.3 Å². The normalized spacial score (nSPS) is 11.0. The molecular formula is C16H14BN2O3. The molecule has 6 heteroatoms. The van der Waals surface area contributed by atoms with Crippen LogP contribution in [0.5, 0.6) is 0 Å². The van der Waals surface area contributed by atoms with Gasteiger partial charge in [0, 0.05) is 27.4 Å². The van der Waals surface area contributed by atoms with Crippen molar-refractivity contribution < 1.29 is 14.7 Å². The van der Waals surface area contributed by atoms with E-state index in [4.69, 9.17) is 10.8 Å². The Morgan fingerprint density at radius 1 is 1.14 bits per heavy atom. The van der Waals surface area contributed by atoms with Crippen LogP contribution in [0.2, 0.25) is 6.82 Å². The Bertz CT molecular complexity index is 915. The van der Waals surface area contributed by atoms with Crippen molar-refractivity contribution >= 4 is 46.4 Å². The number of aliphatic carboxylic acids is 1. The van der Waals surface area contributed by atoms with E-state index in [-0.39, 0.29) is 6.54 Å². The maximum absolute atomic E-state index is 11.4. The highest BCUT2D eigenvalue weighted by Crippen LogP contribution is 2.29. The summed E-state index contributed by atoms with van der Waals surface area (Å²) in [4.78, 5) is 22.6. The number of carbonyl (C=O) groups excluding carboxylic acids is 1. The largest absolute Gasteiger partial charge is 0.480 e. The summed E-state index contributed by atoms with van der Waals surface area (Å²) in [5.74, 6) is -1.41. The molecule has 3 rings (SSSR count). The molecule has 1 heterocycles. The number of hydrogen-bond donors (Lipinski definition) is 2. The first-order chi connectivity index (χ1) is 10.5. The molecule has 3 N–H and O–H groups in total. The minimum atomic E-state index is -0.913. The Kier molecular flexibility index (Phi) is 3.37. The molecular weight excluding hydrogens is 279 g/mol. The number of carbonyl (C=O) groups is 2. The van der Waals surface area contributed by atoms with Crippen LogP contribution < -0.4 is 11.2 Å². The molecule has 5 nitrogen and oxygen atoms in total. The van der Waals surface area contributed by atoms with Crippen molar-refractivity contribution in [2.45, 2.75) is 13.4 Å². The molecule has 0 aliphatic heterocycles. The molecule has 0 unspecified atom stereocenters. The number of nitrogens with zero attached hydrogens (tertiary/aromatic N) is 1. The first kappa shape index (κ1) is 14.2. The van der Waals surface area contributed by atoms with Crippen LogP contribution in [0.15, 0.2) is 36.4 Å². The van der Waals surface area contributed by atoms with Gasteiger partial charge in [-0.2, -0.15) is 0 Å². The van der Waals surface area contributed by atoms with Crippen LogP contribution in [-0.4, -0.2) is 28.8 Å². The second-order valence-electron chi connectivity index (χ2n) is 5.14. The molecule has 0 fully saturated rings. The van der Waals surface area contributed by atoms with Gasteiger partial charge in [-0.3, -0.25) is 9.59 Å². The molecule has 0 spiro atoms. The van der Waals surface area contributed by atoms with Crippen molar-refractivity contribution in [3.8, 4) is 0 Å². The van der Waals surface area contributed by atoms with Crippen molar-refractivity contribution in [3.63, 3.8) is 0 Å². The molecule has 0 aliphatic rings. The smallest absolute Gasteiger partial charge is 0.323 e. The van der Waals surface area contributed by atoms with Gasteiger partial charge < -0.3 is 15.4 Å². The van der Waals surface area contributed by atoms with Crippen LogP contribution in [0.25, 0.3) is 21.8 Å². The van der Waals surface area contributed by atoms with Gasteiger partial charge in [-0.15, -0.1) is 0 Å². The summed E-state index contributed by atoms with van der Waals surface area (Å²) in [6.07, 6.45) is 0. The summed E-state index contributed by atoms with van der Waals surface area (Å²) >= 11 is 0. The molecule has 0 bridgehead atoms. The molecule has 0 saturated carbocycles. The highest BCUT2D eigenvalue weighted by atomic mass is 16.4. The monoisotopic (exact) mass is 293 g/mol. The summed E-state index contributed by atoms with van der Waals surface area (Å²) in [7, 11) is 1.97. The van der Waals surface area contributed by atoms with Gasteiger partial charge in [0.1, 0.15) is 13.8 Å². The van der Waals surface area contributed by atoms with Crippen LogP contribution >= 0.6 is 0 Å². The minimum absolute atomic E-state index is 0.134. The fourth-order valence-corrected chi connectivity index (χ4v) is 2.76. The summed E-state index contributed by atoms with van der Waals surface area (Å²) in [5, 5.41) is 10.9. The maximum atomic E-state index is 11.4. The number of carboxylic acid groups (broad SMARTS) is 1. The van der Waals surface area contributed by atoms with E-state index < -0.39 is 11.9 Å². The van der Waals surface area contributed by atoms with Gasteiger partial charge in [-0.25, -0.2) is 0 Å². The molecule has 2 aromatic carbocycles. The SMILES string of the molecule is C[B]c1ccc2c(c1)c1cc(C(N)=O)ccc1n2CC(=O)O. The number of benzene rings is 2. The van der Waals surface area contributed by atoms with Crippen LogP contribution in [0, 0.1) is 0 Å². The third-order valence-electron chi connectivity index (χ3n) is 3.80. The number of hydrogen-bond acceptors (Lipinski definition) is 2. The van der Waals surface area contributed by atoms with Gasteiger partial charge in [0.05, 0.1) is 0 Å². The fourth-order valence-electron chi connectivity index (χ4n) is 2.76. The lowest BCUT2D eigenvalue weighted by atomic mass is 9.73. The third kappa shape index (κ3) is 2.22. The summed E-state index contributed by atoms with van der Waals surface area (Å²) in [6, 6.07) is 10.9. The maximum Gasteiger partial charge on any atom is 0.323 e. The van der Waals surface area contributed by atoms with Gasteiger partial charge in [0.15, 0.2) is 0 Å². The van der Waals surface area contributed by atoms with Gasteiger partial charge in [-0.1, -0.05) is 24.4 Å². The zero-order valence-corrected chi connectivity index (χ0v) is 12.0. The average molecular weight is 293 g/mol. The molecule has 0 atom stereocenters. The van der Waals surface area contributed by atoms with Gasteiger partial charge >= 0.3 is 5.97 Å². The molecule has 0 aliphatic carbocycles. The molecule has 0 saturated heterocycles. The van der Waals surface area contributed by atoms with E-state index in [1.807, 2.05) is 32.3 Å². The van der Waals surface area contributed by atoms with E-state index in [2.05, 4.69) is 0 Å².